The Labute approximate surface area is 200 Å². The minimum atomic E-state index is 0. The van der Waals surface area contributed by atoms with E-state index >= 15 is 0 Å². The average Bonchev–Trinajstić information content (AvgIpc) is 3.25. The second-order valence-electron chi connectivity index (χ2n) is 6.88. The highest BCUT2D eigenvalue weighted by atomic mass is 127. The lowest BCUT2D eigenvalue weighted by Gasteiger charge is -2.36. The molecule has 0 spiro atoms. The van der Waals surface area contributed by atoms with Crippen LogP contribution < -0.4 is 15.5 Å². The molecule has 0 saturated carbocycles. The van der Waals surface area contributed by atoms with Crippen LogP contribution in [0.15, 0.2) is 41.5 Å². The summed E-state index contributed by atoms with van der Waals surface area (Å²) in [5, 5.41) is 7.52. The average molecular weight is 542 g/mol. The van der Waals surface area contributed by atoms with Crippen LogP contribution in [0.4, 0.5) is 5.69 Å². The maximum Gasteiger partial charge on any atom is 0.224 e. The summed E-state index contributed by atoms with van der Waals surface area (Å²) in [5.74, 6) is 0.883. The number of thiazole rings is 1. The Balaban J connectivity index is 0.00000320. The monoisotopic (exact) mass is 542 g/mol. The predicted molar refractivity (Wildman–Crippen MR) is 135 cm³/mol. The lowest BCUT2D eigenvalue weighted by Crippen LogP contribution is -2.49. The first-order valence-corrected chi connectivity index (χ1v) is 11.0. The van der Waals surface area contributed by atoms with E-state index in [4.69, 9.17) is 0 Å². The number of nitrogens with zero attached hydrogens (tertiary/aromatic N) is 4. The van der Waals surface area contributed by atoms with Gasteiger partial charge in [-0.25, -0.2) is 4.98 Å². The third-order valence-electron chi connectivity index (χ3n) is 4.97. The highest BCUT2D eigenvalue weighted by Crippen LogP contribution is 2.16. The molecule has 9 heteroatoms. The van der Waals surface area contributed by atoms with Crippen molar-refractivity contribution in [3.8, 4) is 0 Å². The summed E-state index contributed by atoms with van der Waals surface area (Å²) in [6.07, 6.45) is 3.39. The van der Waals surface area contributed by atoms with Gasteiger partial charge in [0.25, 0.3) is 0 Å². The molecule has 3 rings (SSSR count). The van der Waals surface area contributed by atoms with Crippen LogP contribution in [0.5, 0.6) is 0 Å². The molecule has 2 aromatic rings. The van der Waals surface area contributed by atoms with Crippen molar-refractivity contribution in [2.45, 2.75) is 26.3 Å². The highest BCUT2D eigenvalue weighted by molar-refractivity contribution is 14.0. The van der Waals surface area contributed by atoms with E-state index in [0.29, 0.717) is 25.5 Å². The molecular formula is C21H31IN6OS. The molecule has 0 unspecified atom stereocenters. The first-order chi connectivity index (χ1) is 14.2. The molecule has 7 nitrogen and oxygen atoms in total. The van der Waals surface area contributed by atoms with Gasteiger partial charge in [-0.2, -0.15) is 0 Å². The molecule has 1 amide bonds. The summed E-state index contributed by atoms with van der Waals surface area (Å²) in [6.45, 7) is 6.62. The molecule has 2 N–H and O–H groups in total. The summed E-state index contributed by atoms with van der Waals surface area (Å²) in [6, 6.07) is 10.4. The maximum absolute atomic E-state index is 12.5. The number of anilines is 1. The first-order valence-electron chi connectivity index (χ1n) is 10.2. The summed E-state index contributed by atoms with van der Waals surface area (Å²) in [4.78, 5) is 26.7. The molecule has 1 aromatic carbocycles. The van der Waals surface area contributed by atoms with Crippen LogP contribution in [0.1, 0.15) is 23.2 Å². The van der Waals surface area contributed by atoms with Crippen LogP contribution in [0.25, 0.3) is 0 Å². The number of rotatable bonds is 7. The third kappa shape index (κ3) is 7.12. The normalized spacial score (nSPS) is 14.3. The summed E-state index contributed by atoms with van der Waals surface area (Å²) >= 11 is 1.71. The summed E-state index contributed by atoms with van der Waals surface area (Å²) in [7, 11) is 1.74. The van der Waals surface area contributed by atoms with Crippen molar-refractivity contribution in [1.29, 1.82) is 0 Å². The molecule has 1 aromatic heterocycles. The Morgan fingerprint density at radius 3 is 2.53 bits per heavy atom. The minimum absolute atomic E-state index is 0. The molecule has 1 aliphatic heterocycles. The van der Waals surface area contributed by atoms with Gasteiger partial charge in [0.05, 0.1) is 6.54 Å². The molecular weight excluding hydrogens is 511 g/mol. The van der Waals surface area contributed by atoms with E-state index in [0.717, 1.165) is 37.6 Å². The van der Waals surface area contributed by atoms with Crippen LogP contribution in [-0.4, -0.2) is 61.5 Å². The molecule has 164 valence electrons. The topological polar surface area (TPSA) is 72.9 Å². The maximum atomic E-state index is 12.5. The van der Waals surface area contributed by atoms with Crippen LogP contribution in [0.2, 0.25) is 0 Å². The molecule has 2 heterocycles. The van der Waals surface area contributed by atoms with E-state index in [1.807, 2.05) is 17.2 Å². The Bertz CT molecular complexity index is 805. The molecule has 0 atom stereocenters. The molecule has 0 bridgehead atoms. The number of hydrogen-bond donors (Lipinski definition) is 2. The Morgan fingerprint density at radius 1 is 1.17 bits per heavy atom. The van der Waals surface area contributed by atoms with Crippen molar-refractivity contribution < 1.29 is 4.79 Å². The van der Waals surface area contributed by atoms with E-state index in [2.05, 4.69) is 56.7 Å². The van der Waals surface area contributed by atoms with Gasteiger partial charge in [-0.3, -0.25) is 9.79 Å². The summed E-state index contributed by atoms with van der Waals surface area (Å²) < 4.78 is 0. The SMILES string of the molecule is CCc1cnc(CNC(=NC)NCCC(=O)N2CCN(c3ccccc3)CC2)s1.I. The fourth-order valence-corrected chi connectivity index (χ4v) is 4.07. The number of halogens is 1. The molecule has 1 saturated heterocycles. The number of aryl methyl sites for hydroxylation is 1. The second kappa shape index (κ2) is 12.7. The van der Waals surface area contributed by atoms with Crippen LogP contribution >= 0.6 is 35.3 Å². The number of carbonyl (C=O) groups excluding carboxylic acids is 1. The van der Waals surface area contributed by atoms with Gasteiger partial charge in [0.2, 0.25) is 5.91 Å². The van der Waals surface area contributed by atoms with Gasteiger partial charge in [0.1, 0.15) is 5.01 Å². The standard InChI is InChI=1S/C21H30N6OS.HI/c1-3-18-15-24-19(29-18)16-25-21(22-2)23-10-9-20(28)27-13-11-26(12-14-27)17-7-5-4-6-8-17;/h4-8,15H,3,9-14,16H2,1-2H3,(H2,22,23,25);1H. The fraction of sp³-hybridized carbons (Fsp3) is 0.476. The zero-order valence-corrected chi connectivity index (χ0v) is 20.8. The molecule has 0 aliphatic carbocycles. The molecule has 0 radical (unpaired) electrons. The zero-order valence-electron chi connectivity index (χ0n) is 17.6. The van der Waals surface area contributed by atoms with Gasteiger partial charge in [0, 0.05) is 63.0 Å². The van der Waals surface area contributed by atoms with Gasteiger partial charge < -0.3 is 20.4 Å². The highest BCUT2D eigenvalue weighted by Gasteiger charge is 2.20. The molecule has 30 heavy (non-hydrogen) atoms. The summed E-state index contributed by atoms with van der Waals surface area (Å²) in [5.41, 5.74) is 1.22. The van der Waals surface area contributed by atoms with Gasteiger partial charge in [0.15, 0.2) is 5.96 Å². The Morgan fingerprint density at radius 2 is 1.90 bits per heavy atom. The number of hydrogen-bond acceptors (Lipinski definition) is 5. The van der Waals surface area contributed by atoms with Gasteiger partial charge >= 0.3 is 0 Å². The Kier molecular flexibility index (Phi) is 10.4. The van der Waals surface area contributed by atoms with Crippen molar-refractivity contribution in [2.75, 3.05) is 44.7 Å². The van der Waals surface area contributed by atoms with Crippen molar-refractivity contribution >= 4 is 52.9 Å². The lowest BCUT2D eigenvalue weighted by molar-refractivity contribution is -0.131. The van der Waals surface area contributed by atoms with Gasteiger partial charge in [-0.15, -0.1) is 35.3 Å². The fourth-order valence-electron chi connectivity index (χ4n) is 3.27. The van der Waals surface area contributed by atoms with Crippen molar-refractivity contribution in [1.82, 2.24) is 20.5 Å². The van der Waals surface area contributed by atoms with Crippen molar-refractivity contribution in [2.24, 2.45) is 4.99 Å². The van der Waals surface area contributed by atoms with Crippen molar-refractivity contribution in [3.05, 3.63) is 46.4 Å². The third-order valence-corrected chi connectivity index (χ3v) is 6.11. The van der Waals surface area contributed by atoms with Crippen molar-refractivity contribution in [3.63, 3.8) is 0 Å². The van der Waals surface area contributed by atoms with E-state index in [1.165, 1.54) is 10.6 Å². The number of piperazine rings is 1. The Hall–Kier alpha value is -1.88. The number of carbonyl (C=O) groups is 1. The molecule has 1 aliphatic rings. The van der Waals surface area contributed by atoms with Crippen LogP contribution in [0, 0.1) is 0 Å². The zero-order chi connectivity index (χ0) is 20.5. The number of guanidine groups is 1. The molecule has 1 fully saturated rings. The van der Waals surface area contributed by atoms with Gasteiger partial charge in [-0.05, 0) is 18.6 Å². The second-order valence-corrected chi connectivity index (χ2v) is 8.08. The van der Waals surface area contributed by atoms with Crippen LogP contribution in [-0.2, 0) is 17.8 Å². The lowest BCUT2D eigenvalue weighted by atomic mass is 10.2. The number of amides is 1. The quantitative estimate of drug-likeness (QED) is 0.320. The first kappa shape index (κ1) is 24.4. The number of para-hydroxylation sites is 1. The smallest absolute Gasteiger partial charge is 0.224 e. The van der Waals surface area contributed by atoms with E-state index in [1.54, 1.807) is 18.4 Å². The van der Waals surface area contributed by atoms with Gasteiger partial charge in [-0.1, -0.05) is 25.1 Å². The van der Waals surface area contributed by atoms with E-state index < -0.39 is 0 Å². The minimum Gasteiger partial charge on any atom is -0.368 e. The predicted octanol–water partition coefficient (Wildman–Crippen LogP) is 2.73. The van der Waals surface area contributed by atoms with E-state index in [-0.39, 0.29) is 29.9 Å². The largest absolute Gasteiger partial charge is 0.368 e. The van der Waals surface area contributed by atoms with E-state index in [9.17, 15) is 4.79 Å². The number of aromatic nitrogens is 1. The number of aliphatic imine (C=N–C) groups is 1. The number of nitrogens with one attached hydrogen (secondary N) is 2. The van der Waals surface area contributed by atoms with Crippen LogP contribution in [0.3, 0.4) is 0 Å². The number of benzene rings is 1.